The number of hydrogen-bond acceptors (Lipinski definition) is 2. The predicted molar refractivity (Wildman–Crippen MR) is 76.6 cm³/mol. The van der Waals surface area contributed by atoms with Gasteiger partial charge in [0.15, 0.2) is 0 Å². The molecule has 0 fully saturated rings. The predicted octanol–water partition coefficient (Wildman–Crippen LogP) is 2.40. The monoisotopic (exact) mass is 273 g/mol. The zero-order valence-electron chi connectivity index (χ0n) is 11.3. The molecule has 0 bridgehead atoms. The van der Waals surface area contributed by atoms with Crippen LogP contribution in [0.2, 0.25) is 0 Å². The van der Waals surface area contributed by atoms with Crippen molar-refractivity contribution >= 4 is 11.9 Å². The summed E-state index contributed by atoms with van der Waals surface area (Å²) in [5.74, 6) is -0.791. The highest BCUT2D eigenvalue weighted by Crippen LogP contribution is 2.18. The topological polar surface area (TPSA) is 66.4 Å². The molecule has 0 aromatic heterocycles. The molecule has 1 aromatic rings. The van der Waals surface area contributed by atoms with Crippen LogP contribution in [0, 0.1) is 5.92 Å². The van der Waals surface area contributed by atoms with Crippen LogP contribution in [0.1, 0.15) is 35.2 Å². The Morgan fingerprint density at radius 3 is 2.75 bits per heavy atom. The average Bonchev–Trinajstić information content (AvgIpc) is 2.48. The van der Waals surface area contributed by atoms with Crippen LogP contribution in [0.3, 0.4) is 0 Å². The average molecular weight is 273 g/mol. The van der Waals surface area contributed by atoms with Gasteiger partial charge in [-0.15, -0.1) is 0 Å². The fourth-order valence-corrected chi connectivity index (χ4v) is 2.44. The minimum absolute atomic E-state index is 0.0646. The molecule has 1 unspecified atom stereocenters. The molecule has 1 amide bonds. The lowest BCUT2D eigenvalue weighted by atomic mass is 9.93. The molecule has 2 N–H and O–H groups in total. The van der Waals surface area contributed by atoms with E-state index in [9.17, 15) is 9.59 Å². The number of carboxylic acids is 1. The molecule has 1 aromatic carbocycles. The largest absolute Gasteiger partial charge is 0.478 e. The van der Waals surface area contributed by atoms with E-state index in [0.717, 1.165) is 24.8 Å². The van der Waals surface area contributed by atoms with Gasteiger partial charge in [0.25, 0.3) is 0 Å². The van der Waals surface area contributed by atoms with Crippen LogP contribution in [-0.2, 0) is 11.2 Å². The number of aromatic carboxylic acids is 1. The van der Waals surface area contributed by atoms with Gasteiger partial charge in [0.2, 0.25) is 5.91 Å². The van der Waals surface area contributed by atoms with Crippen molar-refractivity contribution in [2.45, 2.75) is 25.7 Å². The van der Waals surface area contributed by atoms with Crippen molar-refractivity contribution in [3.63, 3.8) is 0 Å². The van der Waals surface area contributed by atoms with E-state index in [-0.39, 0.29) is 11.8 Å². The molecule has 0 saturated carbocycles. The Hall–Kier alpha value is -2.10. The van der Waals surface area contributed by atoms with Crippen LogP contribution in [0.4, 0.5) is 0 Å². The van der Waals surface area contributed by atoms with Crippen LogP contribution < -0.4 is 5.32 Å². The first-order chi connectivity index (χ1) is 9.68. The van der Waals surface area contributed by atoms with Crippen LogP contribution in [0.15, 0.2) is 36.4 Å². The summed E-state index contributed by atoms with van der Waals surface area (Å²) in [6, 6.07) is 6.90. The maximum absolute atomic E-state index is 11.9. The maximum atomic E-state index is 11.9. The van der Waals surface area contributed by atoms with Crippen LogP contribution in [0.5, 0.6) is 0 Å². The third-order valence-electron chi connectivity index (χ3n) is 3.58. The fraction of sp³-hybridized carbons (Fsp3) is 0.375. The van der Waals surface area contributed by atoms with Gasteiger partial charge < -0.3 is 10.4 Å². The highest BCUT2D eigenvalue weighted by atomic mass is 16.4. The van der Waals surface area contributed by atoms with Crippen molar-refractivity contribution < 1.29 is 14.7 Å². The lowest BCUT2D eigenvalue weighted by Gasteiger charge is -2.17. The van der Waals surface area contributed by atoms with E-state index in [1.54, 1.807) is 18.2 Å². The van der Waals surface area contributed by atoms with Crippen LogP contribution in [-0.4, -0.2) is 23.5 Å². The Balaban J connectivity index is 1.85. The Morgan fingerprint density at radius 2 is 2.05 bits per heavy atom. The number of nitrogens with one attached hydrogen (secondary N) is 1. The number of carbonyl (C=O) groups excluding carboxylic acids is 1. The third-order valence-corrected chi connectivity index (χ3v) is 3.58. The molecule has 20 heavy (non-hydrogen) atoms. The second kappa shape index (κ2) is 6.89. The summed E-state index contributed by atoms with van der Waals surface area (Å²) in [5, 5.41) is 12.0. The van der Waals surface area contributed by atoms with Gasteiger partial charge in [0.1, 0.15) is 0 Å². The normalized spacial score (nSPS) is 17.7. The number of carbonyl (C=O) groups is 2. The Kier molecular flexibility index (Phi) is 4.93. The van der Waals surface area contributed by atoms with Crippen molar-refractivity contribution in [2.24, 2.45) is 5.92 Å². The zero-order valence-corrected chi connectivity index (χ0v) is 11.3. The molecule has 4 heteroatoms. The van der Waals surface area contributed by atoms with E-state index in [2.05, 4.69) is 11.4 Å². The SMILES string of the molecule is O=C(O)c1ccccc1CCNC(=O)C1CC=CCC1. The summed E-state index contributed by atoms with van der Waals surface area (Å²) in [4.78, 5) is 23.0. The Labute approximate surface area is 118 Å². The van der Waals surface area contributed by atoms with Gasteiger partial charge in [-0.1, -0.05) is 30.4 Å². The van der Waals surface area contributed by atoms with Gasteiger partial charge >= 0.3 is 5.97 Å². The first kappa shape index (κ1) is 14.3. The number of amides is 1. The molecule has 1 atom stereocenters. The van der Waals surface area contributed by atoms with Crippen molar-refractivity contribution in [1.29, 1.82) is 0 Å². The highest BCUT2D eigenvalue weighted by molar-refractivity contribution is 5.89. The minimum Gasteiger partial charge on any atom is -0.478 e. The Morgan fingerprint density at radius 1 is 1.25 bits per heavy atom. The summed E-state index contributed by atoms with van der Waals surface area (Å²) in [5.41, 5.74) is 1.06. The van der Waals surface area contributed by atoms with E-state index in [0.29, 0.717) is 18.5 Å². The smallest absolute Gasteiger partial charge is 0.335 e. The summed E-state index contributed by atoms with van der Waals surface area (Å²) in [6.45, 7) is 0.476. The Bertz CT molecular complexity index is 522. The quantitative estimate of drug-likeness (QED) is 0.810. The molecule has 0 saturated heterocycles. The number of hydrogen-bond donors (Lipinski definition) is 2. The first-order valence-corrected chi connectivity index (χ1v) is 6.92. The summed E-state index contributed by atoms with van der Waals surface area (Å²) >= 11 is 0. The first-order valence-electron chi connectivity index (χ1n) is 6.92. The van der Waals surface area contributed by atoms with Crippen molar-refractivity contribution in [1.82, 2.24) is 5.32 Å². The maximum Gasteiger partial charge on any atom is 0.335 e. The molecular weight excluding hydrogens is 254 g/mol. The molecular formula is C16H19NO3. The number of rotatable bonds is 5. The summed E-state index contributed by atoms with van der Waals surface area (Å²) < 4.78 is 0. The minimum atomic E-state index is -0.927. The number of allylic oxidation sites excluding steroid dienone is 2. The van der Waals surface area contributed by atoms with Gasteiger partial charge in [0, 0.05) is 12.5 Å². The second-order valence-corrected chi connectivity index (χ2v) is 4.98. The van der Waals surface area contributed by atoms with Crippen molar-refractivity contribution in [3.05, 3.63) is 47.5 Å². The lowest BCUT2D eigenvalue weighted by molar-refractivity contribution is -0.125. The van der Waals surface area contributed by atoms with E-state index in [1.807, 2.05) is 12.1 Å². The third kappa shape index (κ3) is 3.70. The molecule has 1 aliphatic rings. The molecule has 4 nitrogen and oxygen atoms in total. The second-order valence-electron chi connectivity index (χ2n) is 4.98. The molecule has 0 spiro atoms. The zero-order chi connectivity index (χ0) is 14.4. The number of benzene rings is 1. The van der Waals surface area contributed by atoms with Gasteiger partial charge in [-0.05, 0) is 37.3 Å². The fourth-order valence-electron chi connectivity index (χ4n) is 2.44. The summed E-state index contributed by atoms with van der Waals surface area (Å²) in [6.07, 6.45) is 7.35. The van der Waals surface area contributed by atoms with E-state index >= 15 is 0 Å². The highest BCUT2D eigenvalue weighted by Gasteiger charge is 2.18. The standard InChI is InChI=1S/C16H19NO3/c18-15(13-7-2-1-3-8-13)17-11-10-12-6-4-5-9-14(12)16(19)20/h1-2,4-6,9,13H,3,7-8,10-11H2,(H,17,18)(H,19,20). The number of carboxylic acid groups (broad SMARTS) is 1. The van der Waals surface area contributed by atoms with Gasteiger partial charge in [-0.2, -0.15) is 0 Å². The molecule has 0 aliphatic heterocycles. The van der Waals surface area contributed by atoms with Crippen molar-refractivity contribution in [3.8, 4) is 0 Å². The van der Waals surface area contributed by atoms with Gasteiger partial charge in [-0.3, -0.25) is 4.79 Å². The van der Waals surface area contributed by atoms with Crippen LogP contribution >= 0.6 is 0 Å². The molecule has 2 rings (SSSR count). The molecule has 0 heterocycles. The van der Waals surface area contributed by atoms with E-state index < -0.39 is 5.97 Å². The van der Waals surface area contributed by atoms with Crippen molar-refractivity contribution in [2.75, 3.05) is 6.54 Å². The van der Waals surface area contributed by atoms with Gasteiger partial charge in [-0.25, -0.2) is 4.79 Å². The van der Waals surface area contributed by atoms with Crippen LogP contribution in [0.25, 0.3) is 0 Å². The molecule has 1 aliphatic carbocycles. The molecule has 0 radical (unpaired) electrons. The lowest BCUT2D eigenvalue weighted by Crippen LogP contribution is -2.32. The van der Waals surface area contributed by atoms with E-state index in [1.165, 1.54) is 0 Å². The molecule has 106 valence electrons. The summed E-state index contributed by atoms with van der Waals surface area (Å²) in [7, 11) is 0. The van der Waals surface area contributed by atoms with E-state index in [4.69, 9.17) is 5.11 Å². The van der Waals surface area contributed by atoms with Gasteiger partial charge in [0.05, 0.1) is 5.56 Å².